The maximum Gasteiger partial charge on any atom is 0.320 e. The van der Waals surface area contributed by atoms with E-state index in [1.54, 1.807) is 0 Å². The minimum Gasteiger partial charge on any atom is -0.508 e. The van der Waals surface area contributed by atoms with E-state index in [9.17, 15) is 15.0 Å². The van der Waals surface area contributed by atoms with Crippen molar-refractivity contribution in [2.45, 2.75) is 82.7 Å². The Bertz CT molecular complexity index is 851. The van der Waals surface area contributed by atoms with Crippen LogP contribution in [0.15, 0.2) is 18.2 Å². The fourth-order valence-electron chi connectivity index (χ4n) is 7.26. The Morgan fingerprint density at radius 3 is 2.81 bits per heavy atom. The lowest BCUT2D eigenvalue weighted by Gasteiger charge is -2.62. The summed E-state index contributed by atoms with van der Waals surface area (Å²) in [6.07, 6.45) is 9.72. The van der Waals surface area contributed by atoms with E-state index in [1.807, 2.05) is 26.0 Å². The topological polar surface area (TPSA) is 72.8 Å². The minimum absolute atomic E-state index is 0.0414. The van der Waals surface area contributed by atoms with Gasteiger partial charge < -0.3 is 15.5 Å². The first-order chi connectivity index (χ1) is 14.8. The summed E-state index contributed by atoms with van der Waals surface area (Å²) in [5.74, 6) is 0.593. The van der Waals surface area contributed by atoms with Gasteiger partial charge in [0.1, 0.15) is 11.8 Å². The van der Waals surface area contributed by atoms with Gasteiger partial charge in [0.2, 0.25) is 0 Å². The maximum atomic E-state index is 11.7. The first kappa shape index (κ1) is 21.3. The van der Waals surface area contributed by atoms with Crippen LogP contribution >= 0.6 is 0 Å². The Labute approximate surface area is 186 Å². The second-order valence-electron chi connectivity index (χ2n) is 11.4. The molecule has 0 aromatic heterocycles. The van der Waals surface area contributed by atoms with Crippen LogP contribution in [-0.4, -0.2) is 52.8 Å². The molecule has 1 aromatic rings. The number of fused-ring (bicyclic) bond motifs is 3. The molecule has 3 fully saturated rings. The number of benzene rings is 1. The second kappa shape index (κ2) is 7.77. The van der Waals surface area contributed by atoms with E-state index >= 15 is 0 Å². The molecule has 3 aliphatic carbocycles. The number of likely N-dealkylation sites (tertiary alicyclic amines) is 1. The molecule has 1 aliphatic heterocycles. The molecule has 2 saturated carbocycles. The number of carbonyl (C=O) groups is 1. The van der Waals surface area contributed by atoms with E-state index in [-0.39, 0.29) is 11.3 Å². The molecule has 1 unspecified atom stereocenters. The third-order valence-electron chi connectivity index (χ3n) is 8.79. The summed E-state index contributed by atoms with van der Waals surface area (Å²) in [5, 5.41) is 23.2. The number of carboxylic acids is 1. The van der Waals surface area contributed by atoms with Crippen LogP contribution in [0.1, 0.15) is 69.9 Å². The zero-order chi connectivity index (χ0) is 21.8. The molecular weight excluding hydrogens is 388 g/mol. The van der Waals surface area contributed by atoms with Gasteiger partial charge in [-0.3, -0.25) is 9.69 Å². The molecule has 1 aromatic carbocycles. The van der Waals surface area contributed by atoms with Crippen molar-refractivity contribution in [2.24, 2.45) is 17.3 Å². The lowest BCUT2D eigenvalue weighted by atomic mass is 9.53. The Morgan fingerprint density at radius 1 is 1.29 bits per heavy atom. The zero-order valence-corrected chi connectivity index (χ0v) is 19.1. The Kier molecular flexibility index (Phi) is 5.33. The van der Waals surface area contributed by atoms with E-state index < -0.39 is 12.0 Å². The molecule has 4 atom stereocenters. The number of nitrogens with zero attached hydrogens (tertiary/aromatic N) is 1. The number of phenols is 1. The number of nitrogens with one attached hydrogen (secondary N) is 1. The van der Waals surface area contributed by atoms with Crippen molar-refractivity contribution in [3.05, 3.63) is 29.3 Å². The van der Waals surface area contributed by atoms with Crippen molar-refractivity contribution in [3.63, 3.8) is 0 Å². The fourth-order valence-corrected chi connectivity index (χ4v) is 7.26. The van der Waals surface area contributed by atoms with Crippen molar-refractivity contribution in [3.8, 4) is 5.75 Å². The van der Waals surface area contributed by atoms with Crippen LogP contribution in [0.25, 0.3) is 0 Å². The van der Waals surface area contributed by atoms with Gasteiger partial charge in [0.15, 0.2) is 0 Å². The number of aliphatic carboxylic acids is 1. The van der Waals surface area contributed by atoms with Crippen molar-refractivity contribution < 1.29 is 15.0 Å². The van der Waals surface area contributed by atoms with Crippen LogP contribution in [0.4, 0.5) is 0 Å². The first-order valence-electron chi connectivity index (χ1n) is 12.3. The van der Waals surface area contributed by atoms with Gasteiger partial charge in [-0.2, -0.15) is 0 Å². The third kappa shape index (κ3) is 3.78. The van der Waals surface area contributed by atoms with Gasteiger partial charge in [0.25, 0.3) is 0 Å². The third-order valence-corrected chi connectivity index (χ3v) is 8.79. The number of carboxylic acid groups (broad SMARTS) is 1. The largest absolute Gasteiger partial charge is 0.508 e. The number of hydrogen-bond donors (Lipinski definition) is 3. The lowest BCUT2D eigenvalue weighted by molar-refractivity contribution is -0.140. The molecule has 1 heterocycles. The summed E-state index contributed by atoms with van der Waals surface area (Å²) < 4.78 is 0. The van der Waals surface area contributed by atoms with Crippen LogP contribution < -0.4 is 5.32 Å². The minimum atomic E-state index is -0.763. The molecule has 5 nitrogen and oxygen atoms in total. The van der Waals surface area contributed by atoms with E-state index in [2.05, 4.69) is 16.3 Å². The molecule has 170 valence electrons. The normalized spacial score (nSPS) is 33.2. The number of hydrogen-bond acceptors (Lipinski definition) is 4. The van der Waals surface area contributed by atoms with E-state index in [0.29, 0.717) is 23.8 Å². The summed E-state index contributed by atoms with van der Waals surface area (Å²) in [4.78, 5) is 14.4. The number of rotatable bonds is 8. The average Bonchev–Trinajstić information content (AvgIpc) is 3.52. The highest BCUT2D eigenvalue weighted by Crippen LogP contribution is 2.60. The Balaban J connectivity index is 1.41. The van der Waals surface area contributed by atoms with Crippen LogP contribution in [0.3, 0.4) is 0 Å². The zero-order valence-electron chi connectivity index (χ0n) is 19.1. The molecular formula is C26H38N2O3. The van der Waals surface area contributed by atoms with Crippen LogP contribution in [0, 0.1) is 17.3 Å². The van der Waals surface area contributed by atoms with Crippen molar-refractivity contribution >= 4 is 5.97 Å². The molecule has 4 aliphatic rings. The quantitative estimate of drug-likeness (QED) is 0.587. The van der Waals surface area contributed by atoms with Crippen molar-refractivity contribution in [1.29, 1.82) is 0 Å². The molecule has 0 amide bonds. The summed E-state index contributed by atoms with van der Waals surface area (Å²) in [6, 6.07) is 6.23. The highest BCUT2D eigenvalue weighted by Gasteiger charge is 2.60. The van der Waals surface area contributed by atoms with Gasteiger partial charge in [-0.1, -0.05) is 26.3 Å². The van der Waals surface area contributed by atoms with Crippen molar-refractivity contribution in [2.75, 3.05) is 19.6 Å². The summed E-state index contributed by atoms with van der Waals surface area (Å²) in [5.41, 5.74) is 3.15. The molecule has 1 spiro atoms. The van der Waals surface area contributed by atoms with E-state index in [4.69, 9.17) is 0 Å². The Morgan fingerprint density at radius 2 is 2.10 bits per heavy atom. The summed E-state index contributed by atoms with van der Waals surface area (Å²) in [7, 11) is 0. The monoisotopic (exact) mass is 426 g/mol. The molecule has 1 saturated heterocycles. The molecule has 5 rings (SSSR count). The second-order valence-corrected chi connectivity index (χ2v) is 11.4. The molecule has 5 heteroatoms. The number of aromatic hydroxyl groups is 1. The summed E-state index contributed by atoms with van der Waals surface area (Å²) in [6.45, 7) is 7.14. The van der Waals surface area contributed by atoms with Crippen LogP contribution in [0.2, 0.25) is 0 Å². The molecule has 3 N–H and O–H groups in total. The van der Waals surface area contributed by atoms with Crippen LogP contribution in [-0.2, 0) is 16.6 Å². The molecule has 2 bridgehead atoms. The maximum absolute atomic E-state index is 11.7. The SMILES string of the molecule is CC(C)[C@H](NCC[C@]12CCC[C@H]3N(CC4CC4)CC3(Cc3ccc(O)cc31)C2)C(=O)O. The van der Waals surface area contributed by atoms with Gasteiger partial charge in [-0.05, 0) is 92.0 Å². The number of phenolic OH excluding ortho intramolecular Hbond substituents is 1. The van der Waals surface area contributed by atoms with Gasteiger partial charge in [0, 0.05) is 24.5 Å². The predicted octanol–water partition coefficient (Wildman–Crippen LogP) is 3.93. The van der Waals surface area contributed by atoms with Gasteiger partial charge in [-0.25, -0.2) is 0 Å². The lowest BCUT2D eigenvalue weighted by Crippen LogP contribution is -2.67. The van der Waals surface area contributed by atoms with Crippen molar-refractivity contribution in [1.82, 2.24) is 10.2 Å². The van der Waals surface area contributed by atoms with E-state index in [0.717, 1.165) is 25.2 Å². The fraction of sp³-hybridized carbons (Fsp3) is 0.731. The smallest absolute Gasteiger partial charge is 0.320 e. The summed E-state index contributed by atoms with van der Waals surface area (Å²) >= 11 is 0. The predicted molar refractivity (Wildman–Crippen MR) is 121 cm³/mol. The van der Waals surface area contributed by atoms with Gasteiger partial charge in [-0.15, -0.1) is 0 Å². The first-order valence-corrected chi connectivity index (χ1v) is 12.3. The highest BCUT2D eigenvalue weighted by molar-refractivity contribution is 5.73. The molecule has 0 radical (unpaired) electrons. The Hall–Kier alpha value is -1.59. The average molecular weight is 427 g/mol. The van der Waals surface area contributed by atoms with E-state index in [1.165, 1.54) is 56.3 Å². The molecule has 31 heavy (non-hydrogen) atoms. The van der Waals surface area contributed by atoms with Gasteiger partial charge in [0.05, 0.1) is 0 Å². The highest BCUT2D eigenvalue weighted by atomic mass is 16.4. The van der Waals surface area contributed by atoms with Gasteiger partial charge >= 0.3 is 5.97 Å². The van der Waals surface area contributed by atoms with Crippen LogP contribution in [0.5, 0.6) is 5.75 Å². The standard InChI is InChI=1S/C26H38N2O3/c1-17(2)23(24(30)31)27-11-10-25-9-3-4-22-26(15-25,16-28(22)14-18-5-6-18)13-19-7-8-20(29)12-21(19)25/h7-8,12,17-18,22-23,27,29H,3-6,9-11,13-16H2,1-2H3,(H,30,31)/t22-,23+,25+,26?/m1/s1.